The number of rotatable bonds is 4. The van der Waals surface area contributed by atoms with Crippen LogP contribution in [0.25, 0.3) is 93.6 Å². The van der Waals surface area contributed by atoms with Gasteiger partial charge >= 0.3 is 0 Å². The van der Waals surface area contributed by atoms with Crippen molar-refractivity contribution < 1.29 is 0 Å². The molecule has 11 aromatic rings. The Morgan fingerprint density at radius 2 is 0.836 bits per heavy atom. The molecule has 0 radical (unpaired) electrons. The van der Waals surface area contributed by atoms with E-state index in [2.05, 4.69) is 171 Å². The summed E-state index contributed by atoms with van der Waals surface area (Å²) in [6.45, 7) is 0. The summed E-state index contributed by atoms with van der Waals surface area (Å²) in [6.07, 6.45) is 0. The zero-order valence-electron chi connectivity index (χ0n) is 29.5. The van der Waals surface area contributed by atoms with E-state index in [-0.39, 0.29) is 0 Å². The summed E-state index contributed by atoms with van der Waals surface area (Å²) in [5.41, 5.74) is 12.4. The lowest BCUT2D eigenvalue weighted by Crippen LogP contribution is -2.02. The van der Waals surface area contributed by atoms with E-state index in [1.807, 2.05) is 30.3 Å². The van der Waals surface area contributed by atoms with E-state index in [4.69, 9.17) is 0 Å². The highest BCUT2D eigenvalue weighted by molar-refractivity contribution is 6.13. The van der Waals surface area contributed by atoms with Crippen molar-refractivity contribution in [3.63, 3.8) is 0 Å². The fourth-order valence-corrected chi connectivity index (χ4v) is 8.78. The molecule has 8 aromatic carbocycles. The molecule has 0 N–H and O–H groups in total. The van der Waals surface area contributed by atoms with Crippen LogP contribution in [0.2, 0.25) is 0 Å². The normalized spacial score (nSPS) is 11.6. The minimum atomic E-state index is 0.586. The Balaban J connectivity index is 1.18. The molecule has 0 amide bonds. The van der Waals surface area contributed by atoms with Crippen molar-refractivity contribution >= 4 is 65.4 Å². The lowest BCUT2D eigenvalue weighted by molar-refractivity contribution is 1.15. The molecule has 55 heavy (non-hydrogen) atoms. The van der Waals surface area contributed by atoms with Crippen molar-refractivity contribution in [3.8, 4) is 40.3 Å². The Morgan fingerprint density at radius 1 is 0.345 bits per heavy atom. The quantitative estimate of drug-likeness (QED) is 0.184. The van der Waals surface area contributed by atoms with Crippen LogP contribution in [0.1, 0.15) is 11.1 Å². The van der Waals surface area contributed by atoms with Crippen LogP contribution in [0.4, 0.5) is 0 Å². The topological polar surface area (TPSA) is 62.4 Å². The van der Waals surface area contributed by atoms with Crippen LogP contribution in [0, 0.1) is 22.7 Å². The van der Waals surface area contributed by atoms with Gasteiger partial charge in [0.05, 0.1) is 56.0 Å². The molecule has 5 nitrogen and oxygen atoms in total. The zero-order chi connectivity index (χ0) is 36.6. The first-order valence-corrected chi connectivity index (χ1v) is 18.3. The Labute approximate surface area is 316 Å². The van der Waals surface area contributed by atoms with Gasteiger partial charge in [0.15, 0.2) is 0 Å². The molecule has 0 bridgehead atoms. The molecule has 254 valence electrons. The largest absolute Gasteiger partial charge is 0.309 e. The first-order valence-electron chi connectivity index (χ1n) is 18.3. The molecule has 0 unspecified atom stereocenters. The van der Waals surface area contributed by atoms with Gasteiger partial charge in [-0.3, -0.25) is 0 Å². The van der Waals surface area contributed by atoms with Crippen molar-refractivity contribution in [1.82, 2.24) is 13.7 Å². The van der Waals surface area contributed by atoms with E-state index in [9.17, 15) is 10.5 Å². The fourth-order valence-electron chi connectivity index (χ4n) is 8.78. The number of para-hydroxylation sites is 5. The number of benzene rings is 8. The highest BCUT2D eigenvalue weighted by atomic mass is 15.0. The lowest BCUT2D eigenvalue weighted by atomic mass is 9.99. The summed E-state index contributed by atoms with van der Waals surface area (Å²) in [6, 6.07) is 66.0. The number of nitrogens with zero attached hydrogens (tertiary/aromatic N) is 5. The van der Waals surface area contributed by atoms with Gasteiger partial charge < -0.3 is 13.7 Å². The second-order valence-corrected chi connectivity index (χ2v) is 14.0. The molecule has 0 saturated heterocycles. The third kappa shape index (κ3) is 4.45. The maximum atomic E-state index is 10.8. The summed E-state index contributed by atoms with van der Waals surface area (Å²) >= 11 is 0. The van der Waals surface area contributed by atoms with Crippen molar-refractivity contribution in [3.05, 3.63) is 187 Å². The monoisotopic (exact) mass is 699 g/mol. The first kappa shape index (κ1) is 30.7. The maximum absolute atomic E-state index is 10.8. The average molecular weight is 700 g/mol. The zero-order valence-corrected chi connectivity index (χ0v) is 29.5. The molecular weight excluding hydrogens is 671 g/mol. The van der Waals surface area contributed by atoms with Crippen molar-refractivity contribution in [2.24, 2.45) is 0 Å². The Kier molecular flexibility index (Phi) is 6.61. The molecule has 5 heteroatoms. The molecule has 0 atom stereocenters. The third-order valence-corrected chi connectivity index (χ3v) is 11.1. The van der Waals surface area contributed by atoms with Gasteiger partial charge in [0.25, 0.3) is 0 Å². The minimum Gasteiger partial charge on any atom is -0.309 e. The number of hydrogen-bond donors (Lipinski definition) is 0. The SMILES string of the molecule is N#Cc1ccc2c3ccccc3n(-c3cccc(-c4cccc(C#N)c4-n4c5ccccc5c5ccc(-n6c7ccccc7c7ccccc76)cc54)c3)c2c1. The Morgan fingerprint density at radius 3 is 1.44 bits per heavy atom. The van der Waals surface area contributed by atoms with Gasteiger partial charge in [-0.25, -0.2) is 0 Å². The average Bonchev–Trinajstić information content (AvgIpc) is 3.88. The van der Waals surface area contributed by atoms with Crippen molar-refractivity contribution in [2.75, 3.05) is 0 Å². The van der Waals surface area contributed by atoms with E-state index < -0.39 is 0 Å². The molecule has 0 fully saturated rings. The lowest BCUT2D eigenvalue weighted by Gasteiger charge is -2.17. The summed E-state index contributed by atoms with van der Waals surface area (Å²) < 4.78 is 6.86. The van der Waals surface area contributed by atoms with Crippen molar-refractivity contribution in [2.45, 2.75) is 0 Å². The molecule has 0 aliphatic carbocycles. The summed E-state index contributed by atoms with van der Waals surface area (Å²) in [5.74, 6) is 0. The van der Waals surface area contributed by atoms with Gasteiger partial charge in [-0.2, -0.15) is 10.5 Å². The first-order chi connectivity index (χ1) is 27.2. The number of hydrogen-bond acceptors (Lipinski definition) is 2. The third-order valence-electron chi connectivity index (χ3n) is 11.1. The molecule has 0 aliphatic heterocycles. The van der Waals surface area contributed by atoms with Crippen molar-refractivity contribution in [1.29, 1.82) is 10.5 Å². The predicted octanol–water partition coefficient (Wildman–Crippen LogP) is 12.4. The van der Waals surface area contributed by atoms with Crippen LogP contribution >= 0.6 is 0 Å². The second kappa shape index (κ2) is 11.8. The van der Waals surface area contributed by atoms with Crippen LogP contribution in [0.15, 0.2) is 176 Å². The number of nitriles is 2. The van der Waals surface area contributed by atoms with Crippen LogP contribution in [0.3, 0.4) is 0 Å². The molecular formula is C50H29N5. The van der Waals surface area contributed by atoms with Crippen LogP contribution in [0.5, 0.6) is 0 Å². The molecule has 11 rings (SSSR count). The molecule has 0 aliphatic rings. The number of aromatic nitrogens is 3. The van der Waals surface area contributed by atoms with E-state index in [1.54, 1.807) is 0 Å². The van der Waals surface area contributed by atoms with Gasteiger partial charge in [0, 0.05) is 49.3 Å². The maximum Gasteiger partial charge on any atom is 0.101 e. The molecule has 3 aromatic heterocycles. The van der Waals surface area contributed by atoms with E-state index in [0.29, 0.717) is 11.1 Å². The van der Waals surface area contributed by atoms with Gasteiger partial charge in [-0.05, 0) is 72.3 Å². The molecule has 0 spiro atoms. The summed E-state index contributed by atoms with van der Waals surface area (Å²) in [5, 5.41) is 27.5. The summed E-state index contributed by atoms with van der Waals surface area (Å²) in [4.78, 5) is 0. The Bertz CT molecular complexity index is 3420. The minimum absolute atomic E-state index is 0.586. The summed E-state index contributed by atoms with van der Waals surface area (Å²) in [7, 11) is 0. The van der Waals surface area contributed by atoms with Gasteiger partial charge in [-0.1, -0.05) is 109 Å². The Hall–Kier alpha value is -7.86. The standard InChI is InChI=1S/C50H29N5/c51-30-32-23-25-42-40-16-3-7-21-46(40)54(48(42)27-32)35-13-9-11-33(28-35)37-18-10-12-34(31-52)50(37)55-47-22-8-4-17-41(47)43-26-24-36(29-49(43)55)53-44-19-5-1-14-38(44)39-15-2-6-20-45(39)53/h1-29H. The van der Waals surface area contributed by atoms with Crippen LogP contribution in [-0.4, -0.2) is 13.7 Å². The number of fused-ring (bicyclic) bond motifs is 9. The van der Waals surface area contributed by atoms with E-state index in [1.165, 1.54) is 10.8 Å². The predicted molar refractivity (Wildman–Crippen MR) is 224 cm³/mol. The molecule has 0 saturated carbocycles. The van der Waals surface area contributed by atoms with Gasteiger partial charge in [-0.15, -0.1) is 0 Å². The van der Waals surface area contributed by atoms with Gasteiger partial charge in [0.2, 0.25) is 0 Å². The van der Waals surface area contributed by atoms with Crippen LogP contribution in [-0.2, 0) is 0 Å². The highest BCUT2D eigenvalue weighted by Crippen LogP contribution is 2.41. The fraction of sp³-hybridized carbons (Fsp3) is 0. The smallest absolute Gasteiger partial charge is 0.101 e. The molecule has 3 heterocycles. The van der Waals surface area contributed by atoms with Crippen LogP contribution < -0.4 is 0 Å². The second-order valence-electron chi connectivity index (χ2n) is 14.0. The van der Waals surface area contributed by atoms with Gasteiger partial charge in [0.1, 0.15) is 6.07 Å². The van der Waals surface area contributed by atoms with E-state index >= 15 is 0 Å². The van der Waals surface area contributed by atoms with E-state index in [0.717, 1.165) is 82.8 Å². The highest BCUT2D eigenvalue weighted by Gasteiger charge is 2.21.